The van der Waals surface area contributed by atoms with Crippen LogP contribution in [0.5, 0.6) is 0 Å². The van der Waals surface area contributed by atoms with Crippen LogP contribution in [0.2, 0.25) is 0 Å². The summed E-state index contributed by atoms with van der Waals surface area (Å²) < 4.78 is 23.9. The van der Waals surface area contributed by atoms with E-state index in [2.05, 4.69) is 0 Å². The monoisotopic (exact) mass is 366 g/mol. The lowest BCUT2D eigenvalue weighted by atomic mass is 9.61. The van der Waals surface area contributed by atoms with Crippen LogP contribution >= 0.6 is 0 Å². The van der Waals surface area contributed by atoms with Crippen LogP contribution < -0.4 is 0 Å². The maximum Gasteiger partial charge on any atom is 0.317 e. The number of ketones is 1. The number of hydrogen-bond donors (Lipinski definition) is 1. The number of benzene rings is 1. The first kappa shape index (κ1) is 20.0. The summed E-state index contributed by atoms with van der Waals surface area (Å²) in [6, 6.07) is 5.30. The van der Waals surface area contributed by atoms with E-state index >= 15 is 0 Å². The number of hydrogen-bond acceptors (Lipinski definition) is 6. The summed E-state index contributed by atoms with van der Waals surface area (Å²) in [4.78, 5) is 37.6. The molecule has 4 atom stereocenters. The first-order chi connectivity index (χ1) is 12.2. The van der Waals surface area contributed by atoms with E-state index in [1.165, 1.54) is 25.1 Å². The highest BCUT2D eigenvalue weighted by Crippen LogP contribution is 2.46. The minimum Gasteiger partial charge on any atom is -0.466 e. The van der Waals surface area contributed by atoms with Gasteiger partial charge in [-0.1, -0.05) is 12.1 Å². The van der Waals surface area contributed by atoms with Crippen LogP contribution in [0.25, 0.3) is 0 Å². The summed E-state index contributed by atoms with van der Waals surface area (Å²) >= 11 is 0. The quantitative estimate of drug-likeness (QED) is 0.633. The lowest BCUT2D eigenvalue weighted by molar-refractivity contribution is -0.172. The first-order valence-electron chi connectivity index (χ1n) is 8.56. The van der Waals surface area contributed by atoms with E-state index in [-0.39, 0.29) is 18.8 Å². The van der Waals surface area contributed by atoms with Crippen molar-refractivity contribution in [2.24, 2.45) is 11.8 Å². The molecule has 7 heteroatoms. The average molecular weight is 366 g/mol. The SMILES string of the molecule is CCOC(=O)[C@H]1C(=O)C[C@](C)(O)[C@@H](C(=O)OCC)[C@H]1c1cccc(F)c1. The highest BCUT2D eigenvalue weighted by Gasteiger charge is 2.57. The number of ether oxygens (including phenoxy) is 2. The maximum atomic E-state index is 13.8. The Balaban J connectivity index is 2.61. The smallest absolute Gasteiger partial charge is 0.317 e. The van der Waals surface area contributed by atoms with Gasteiger partial charge in [0.1, 0.15) is 11.7 Å². The number of halogens is 1. The average Bonchev–Trinajstić information content (AvgIpc) is 2.53. The third kappa shape index (κ3) is 3.93. The first-order valence-corrected chi connectivity index (χ1v) is 8.56. The molecular weight excluding hydrogens is 343 g/mol. The second kappa shape index (κ2) is 7.95. The van der Waals surface area contributed by atoms with Crippen molar-refractivity contribution in [3.8, 4) is 0 Å². The molecule has 0 bridgehead atoms. The Morgan fingerprint density at radius 2 is 1.85 bits per heavy atom. The molecule has 1 saturated carbocycles. The van der Waals surface area contributed by atoms with Gasteiger partial charge in [0, 0.05) is 12.3 Å². The zero-order valence-electron chi connectivity index (χ0n) is 15.0. The Bertz CT molecular complexity index is 699. The van der Waals surface area contributed by atoms with Crippen LogP contribution in [0, 0.1) is 17.7 Å². The summed E-state index contributed by atoms with van der Waals surface area (Å²) in [5.41, 5.74) is -1.47. The molecule has 0 saturated heterocycles. The lowest BCUT2D eigenvalue weighted by Gasteiger charge is -2.43. The topological polar surface area (TPSA) is 89.9 Å². The van der Waals surface area contributed by atoms with Gasteiger partial charge in [-0.3, -0.25) is 14.4 Å². The number of carbonyl (C=O) groups is 3. The molecule has 0 aliphatic heterocycles. The molecule has 0 amide bonds. The number of carbonyl (C=O) groups excluding carboxylic acids is 3. The van der Waals surface area contributed by atoms with E-state index in [0.29, 0.717) is 0 Å². The molecule has 2 rings (SSSR count). The van der Waals surface area contributed by atoms with Gasteiger partial charge >= 0.3 is 11.9 Å². The molecule has 1 aromatic rings. The zero-order chi connectivity index (χ0) is 19.5. The van der Waals surface area contributed by atoms with Crippen LogP contribution in [0.3, 0.4) is 0 Å². The van der Waals surface area contributed by atoms with Crippen LogP contribution in [0.1, 0.15) is 38.7 Å². The third-order valence-electron chi connectivity index (χ3n) is 4.58. The van der Waals surface area contributed by atoms with Gasteiger partial charge in [-0.25, -0.2) is 4.39 Å². The Labute approximate surface area is 151 Å². The normalized spacial score (nSPS) is 28.5. The summed E-state index contributed by atoms with van der Waals surface area (Å²) in [7, 11) is 0. The van der Waals surface area contributed by atoms with Gasteiger partial charge in [-0.15, -0.1) is 0 Å². The van der Waals surface area contributed by atoms with Crippen molar-refractivity contribution >= 4 is 17.7 Å². The van der Waals surface area contributed by atoms with Crippen LogP contribution in [0.15, 0.2) is 24.3 Å². The van der Waals surface area contributed by atoms with Gasteiger partial charge in [0.15, 0.2) is 5.78 Å². The van der Waals surface area contributed by atoms with Crippen molar-refractivity contribution in [1.82, 2.24) is 0 Å². The lowest BCUT2D eigenvalue weighted by Crippen LogP contribution is -2.55. The highest BCUT2D eigenvalue weighted by molar-refractivity contribution is 6.02. The van der Waals surface area contributed by atoms with Crippen molar-refractivity contribution in [1.29, 1.82) is 0 Å². The van der Waals surface area contributed by atoms with Crippen LogP contribution in [-0.4, -0.2) is 41.6 Å². The van der Waals surface area contributed by atoms with Gasteiger partial charge in [0.05, 0.1) is 24.7 Å². The molecule has 0 radical (unpaired) electrons. The summed E-state index contributed by atoms with van der Waals surface area (Å²) in [5, 5.41) is 10.8. The number of esters is 2. The Morgan fingerprint density at radius 1 is 1.23 bits per heavy atom. The molecular formula is C19H23FO6. The second-order valence-corrected chi connectivity index (χ2v) is 6.54. The van der Waals surface area contributed by atoms with Crippen LogP contribution in [0.4, 0.5) is 4.39 Å². The Kier molecular flexibility index (Phi) is 6.13. The van der Waals surface area contributed by atoms with Crippen molar-refractivity contribution in [2.45, 2.75) is 38.7 Å². The molecule has 26 heavy (non-hydrogen) atoms. The molecule has 0 heterocycles. The summed E-state index contributed by atoms with van der Waals surface area (Å²) in [6.45, 7) is 4.68. The Hall–Kier alpha value is -2.28. The minimum atomic E-state index is -1.73. The van der Waals surface area contributed by atoms with Gasteiger partial charge in [-0.2, -0.15) is 0 Å². The van der Waals surface area contributed by atoms with Gasteiger partial charge < -0.3 is 14.6 Å². The number of aliphatic hydroxyl groups is 1. The standard InChI is InChI=1S/C19H23FO6/c1-4-25-17(22)15-13(21)10-19(3,24)16(18(23)26-5-2)14(15)11-7-6-8-12(20)9-11/h6-9,14-16,24H,4-5,10H2,1-3H3/t14-,15-,16+,19-/m0/s1. The van der Waals surface area contributed by atoms with Crippen molar-refractivity contribution in [3.05, 3.63) is 35.6 Å². The minimum absolute atomic E-state index is 0.0545. The largest absolute Gasteiger partial charge is 0.466 e. The molecule has 1 aliphatic carbocycles. The maximum absolute atomic E-state index is 13.8. The number of Topliss-reactive ketones (excluding diaryl/α,β-unsaturated/α-hetero) is 1. The van der Waals surface area contributed by atoms with E-state index in [9.17, 15) is 23.9 Å². The Morgan fingerprint density at radius 3 is 2.42 bits per heavy atom. The molecule has 0 spiro atoms. The van der Waals surface area contributed by atoms with E-state index in [1.54, 1.807) is 13.8 Å². The summed E-state index contributed by atoms with van der Waals surface area (Å²) in [5.74, 6) is -6.28. The molecule has 1 aliphatic rings. The van der Waals surface area contributed by atoms with E-state index in [1.807, 2.05) is 0 Å². The van der Waals surface area contributed by atoms with Gasteiger partial charge in [-0.05, 0) is 38.5 Å². The van der Waals surface area contributed by atoms with E-state index in [4.69, 9.17) is 9.47 Å². The molecule has 1 N–H and O–H groups in total. The van der Waals surface area contributed by atoms with Crippen molar-refractivity contribution in [3.63, 3.8) is 0 Å². The van der Waals surface area contributed by atoms with Crippen LogP contribution in [-0.2, 0) is 23.9 Å². The molecule has 6 nitrogen and oxygen atoms in total. The van der Waals surface area contributed by atoms with E-state index < -0.39 is 53.3 Å². The molecule has 1 aromatic carbocycles. The summed E-state index contributed by atoms with van der Waals surface area (Å²) in [6.07, 6.45) is -0.397. The van der Waals surface area contributed by atoms with Crippen molar-refractivity contribution in [2.75, 3.05) is 13.2 Å². The predicted molar refractivity (Wildman–Crippen MR) is 89.6 cm³/mol. The van der Waals surface area contributed by atoms with Gasteiger partial charge in [0.2, 0.25) is 0 Å². The predicted octanol–water partition coefficient (Wildman–Crippen LogP) is 1.99. The van der Waals surface area contributed by atoms with E-state index in [0.717, 1.165) is 6.07 Å². The fourth-order valence-corrected chi connectivity index (χ4v) is 3.59. The van der Waals surface area contributed by atoms with Crippen molar-refractivity contribution < 1.29 is 33.4 Å². The molecule has 1 fully saturated rings. The molecule has 0 unspecified atom stereocenters. The fraction of sp³-hybridized carbons (Fsp3) is 0.526. The zero-order valence-corrected chi connectivity index (χ0v) is 15.0. The second-order valence-electron chi connectivity index (χ2n) is 6.54. The van der Waals surface area contributed by atoms with Gasteiger partial charge in [0.25, 0.3) is 0 Å². The number of rotatable bonds is 5. The fourth-order valence-electron chi connectivity index (χ4n) is 3.59. The highest BCUT2D eigenvalue weighted by atomic mass is 19.1. The molecule has 0 aromatic heterocycles. The molecule has 142 valence electrons. The third-order valence-corrected chi connectivity index (χ3v) is 4.58.